The summed E-state index contributed by atoms with van der Waals surface area (Å²) in [5, 5.41) is 7.40. The Bertz CT molecular complexity index is 351. The molecule has 76 valence electrons. The Hall–Kier alpha value is -0.205. The maximum Gasteiger partial charge on any atom is 0.235 e. The van der Waals surface area contributed by atoms with Gasteiger partial charge in [0.05, 0.1) is 19.2 Å². The zero-order valence-corrected chi connectivity index (χ0v) is 9.31. The summed E-state index contributed by atoms with van der Waals surface area (Å²) < 4.78 is 22.2. The van der Waals surface area contributed by atoms with Crippen LogP contribution in [0.4, 0.5) is 0 Å². The number of hydrogen-bond acceptors (Lipinski definition) is 3. The van der Waals surface area contributed by atoms with Crippen LogP contribution in [0, 0.1) is 11.3 Å². The van der Waals surface area contributed by atoms with Gasteiger partial charge in [0.15, 0.2) is 0 Å². The van der Waals surface area contributed by atoms with Crippen LogP contribution in [-0.4, -0.2) is 21.5 Å². The molecule has 0 aromatic carbocycles. The van der Waals surface area contributed by atoms with Gasteiger partial charge >= 0.3 is 0 Å². The largest absolute Gasteiger partial charge is 0.235 e. The van der Waals surface area contributed by atoms with E-state index in [2.05, 4.69) is 0 Å². The van der Waals surface area contributed by atoms with E-state index in [1.807, 2.05) is 6.07 Å². The molecule has 0 heterocycles. The van der Waals surface area contributed by atoms with Gasteiger partial charge in [0.1, 0.15) is 0 Å². The Morgan fingerprint density at radius 2 is 2.07 bits per heavy atom. The minimum absolute atomic E-state index is 0.385. The van der Waals surface area contributed by atoms with Gasteiger partial charge < -0.3 is 0 Å². The van der Waals surface area contributed by atoms with Crippen LogP contribution in [0.1, 0.15) is 32.1 Å². The fourth-order valence-electron chi connectivity index (χ4n) is 1.73. The molecule has 1 saturated carbocycles. The van der Waals surface area contributed by atoms with Crippen molar-refractivity contribution in [1.82, 2.24) is 0 Å². The molecule has 0 amide bonds. The Morgan fingerprint density at radius 3 is 2.57 bits per heavy atom. The third kappa shape index (κ3) is 2.89. The van der Waals surface area contributed by atoms with Crippen molar-refractivity contribution in [2.24, 2.45) is 0 Å². The molecule has 0 aromatic rings. The van der Waals surface area contributed by atoms with Crippen LogP contribution in [0.25, 0.3) is 0 Å². The Labute approximate surface area is 90.3 Å². The third-order valence-corrected chi connectivity index (χ3v) is 4.71. The lowest BCUT2D eigenvalue weighted by Crippen LogP contribution is -2.15. The first kappa shape index (κ1) is 11.9. The SMILES string of the molecule is [B]C1(C#N)CCCC(S(=O)(=O)Cl)CC1. The average molecular weight is 232 g/mol. The highest BCUT2D eigenvalue weighted by Gasteiger charge is 2.32. The monoisotopic (exact) mass is 231 g/mol. The highest BCUT2D eigenvalue weighted by molar-refractivity contribution is 8.14. The summed E-state index contributed by atoms with van der Waals surface area (Å²) in [7, 11) is 7.53. The second-order valence-electron chi connectivity index (χ2n) is 3.80. The van der Waals surface area contributed by atoms with E-state index in [0.29, 0.717) is 32.1 Å². The molecule has 0 saturated heterocycles. The Balaban J connectivity index is 2.73. The van der Waals surface area contributed by atoms with Crippen molar-refractivity contribution in [1.29, 1.82) is 5.26 Å². The molecule has 1 aliphatic rings. The van der Waals surface area contributed by atoms with Crippen LogP contribution >= 0.6 is 10.7 Å². The van der Waals surface area contributed by atoms with E-state index in [1.54, 1.807) is 0 Å². The van der Waals surface area contributed by atoms with Crippen LogP contribution in [0.2, 0.25) is 5.31 Å². The van der Waals surface area contributed by atoms with Crippen LogP contribution < -0.4 is 0 Å². The quantitative estimate of drug-likeness (QED) is 0.392. The van der Waals surface area contributed by atoms with Gasteiger partial charge in [-0.25, -0.2) is 8.42 Å². The molecule has 0 N–H and O–H groups in total. The zero-order chi connectivity index (χ0) is 10.8. The molecule has 2 radical (unpaired) electrons. The number of nitrogens with zero attached hydrogens (tertiary/aromatic N) is 1. The minimum atomic E-state index is -3.50. The molecule has 2 atom stereocenters. The first-order valence-electron chi connectivity index (χ1n) is 4.51. The summed E-state index contributed by atoms with van der Waals surface area (Å²) in [4.78, 5) is 0. The van der Waals surface area contributed by atoms with Gasteiger partial charge in [-0.2, -0.15) is 5.26 Å². The second kappa shape index (κ2) is 4.12. The summed E-state index contributed by atoms with van der Waals surface area (Å²) in [5.74, 6) is 0. The van der Waals surface area contributed by atoms with Gasteiger partial charge in [0, 0.05) is 16.0 Å². The van der Waals surface area contributed by atoms with Crippen LogP contribution in [0.3, 0.4) is 0 Å². The molecule has 1 fully saturated rings. The maximum atomic E-state index is 11.1. The molecule has 1 aliphatic carbocycles. The molecule has 6 heteroatoms. The number of hydrogen-bond donors (Lipinski definition) is 0. The fourth-order valence-corrected chi connectivity index (χ4v) is 3.11. The molecule has 1 rings (SSSR count). The van der Waals surface area contributed by atoms with E-state index in [9.17, 15) is 8.42 Å². The third-order valence-electron chi connectivity index (χ3n) is 2.68. The van der Waals surface area contributed by atoms with E-state index in [0.717, 1.165) is 0 Å². The van der Waals surface area contributed by atoms with Crippen molar-refractivity contribution in [2.75, 3.05) is 0 Å². The van der Waals surface area contributed by atoms with Crippen molar-refractivity contribution in [2.45, 2.75) is 42.7 Å². The predicted molar refractivity (Wildman–Crippen MR) is 55.7 cm³/mol. The van der Waals surface area contributed by atoms with Crippen molar-refractivity contribution in [3.63, 3.8) is 0 Å². The predicted octanol–water partition coefficient (Wildman–Crippen LogP) is 1.74. The summed E-state index contributed by atoms with van der Waals surface area (Å²) >= 11 is 0. The van der Waals surface area contributed by atoms with E-state index < -0.39 is 19.6 Å². The van der Waals surface area contributed by atoms with Gasteiger partial charge in [0.2, 0.25) is 9.05 Å². The molecule has 14 heavy (non-hydrogen) atoms. The summed E-state index contributed by atoms with van der Waals surface area (Å²) in [6.45, 7) is 0. The molecule has 0 bridgehead atoms. The van der Waals surface area contributed by atoms with Gasteiger partial charge in [0.25, 0.3) is 0 Å². The van der Waals surface area contributed by atoms with E-state index in [1.165, 1.54) is 0 Å². The maximum absolute atomic E-state index is 11.1. The summed E-state index contributed by atoms with van der Waals surface area (Å²) in [6, 6.07) is 2.03. The van der Waals surface area contributed by atoms with Crippen LogP contribution in [0.15, 0.2) is 0 Å². The molecular formula is C8H11BClNO2S. The Kier molecular flexibility index (Phi) is 3.49. The molecule has 3 nitrogen and oxygen atoms in total. The lowest BCUT2D eigenvalue weighted by Gasteiger charge is -2.18. The topological polar surface area (TPSA) is 57.9 Å². The summed E-state index contributed by atoms with van der Waals surface area (Å²) in [6.07, 6.45) is 2.48. The first-order valence-corrected chi connectivity index (χ1v) is 6.88. The van der Waals surface area contributed by atoms with Crippen molar-refractivity contribution < 1.29 is 8.42 Å². The van der Waals surface area contributed by atoms with Crippen LogP contribution in [-0.2, 0) is 9.05 Å². The molecular weight excluding hydrogens is 220 g/mol. The Morgan fingerprint density at radius 1 is 1.43 bits per heavy atom. The molecule has 0 spiro atoms. The van der Waals surface area contributed by atoms with Gasteiger partial charge in [-0.05, 0) is 25.7 Å². The van der Waals surface area contributed by atoms with Crippen LogP contribution in [0.5, 0.6) is 0 Å². The molecule has 0 aliphatic heterocycles. The minimum Gasteiger partial charge on any atom is -0.212 e. The molecule has 2 unspecified atom stereocenters. The van der Waals surface area contributed by atoms with E-state index >= 15 is 0 Å². The second-order valence-corrected chi connectivity index (χ2v) is 6.70. The number of halogens is 1. The number of rotatable bonds is 1. The lowest BCUT2D eigenvalue weighted by molar-refractivity contribution is 0.573. The van der Waals surface area contributed by atoms with E-state index in [-0.39, 0.29) is 0 Å². The highest BCUT2D eigenvalue weighted by Crippen LogP contribution is 2.39. The van der Waals surface area contributed by atoms with Crippen molar-refractivity contribution >= 4 is 27.6 Å². The fraction of sp³-hybridized carbons (Fsp3) is 0.875. The number of nitriles is 1. The highest BCUT2D eigenvalue weighted by atomic mass is 35.7. The summed E-state index contributed by atoms with van der Waals surface area (Å²) in [5.41, 5.74) is 0. The standard InChI is InChI=1S/C8H11BClNO2S/c9-8(6-11)4-1-2-7(3-5-8)14(10,12)13/h7H,1-5H2. The van der Waals surface area contributed by atoms with Gasteiger partial charge in [-0.15, -0.1) is 0 Å². The molecule has 0 aromatic heterocycles. The normalized spacial score (nSPS) is 34.4. The van der Waals surface area contributed by atoms with Crippen molar-refractivity contribution in [3.05, 3.63) is 0 Å². The van der Waals surface area contributed by atoms with Crippen molar-refractivity contribution in [3.8, 4) is 6.07 Å². The average Bonchev–Trinajstić information content (AvgIpc) is 2.27. The lowest BCUT2D eigenvalue weighted by atomic mass is 9.65. The smallest absolute Gasteiger partial charge is 0.212 e. The van der Waals surface area contributed by atoms with E-state index in [4.69, 9.17) is 23.8 Å². The van der Waals surface area contributed by atoms with Gasteiger partial charge in [-0.3, -0.25) is 0 Å². The zero-order valence-electron chi connectivity index (χ0n) is 7.74. The van der Waals surface area contributed by atoms with Gasteiger partial charge in [-0.1, -0.05) is 6.42 Å². The first-order chi connectivity index (χ1) is 6.37.